The summed E-state index contributed by atoms with van der Waals surface area (Å²) in [6, 6.07) is 7.96. The van der Waals surface area contributed by atoms with E-state index < -0.39 is 5.54 Å². The molecule has 1 saturated heterocycles. The van der Waals surface area contributed by atoms with E-state index in [0.717, 1.165) is 56.6 Å². The number of carbonyl (C=O) groups excluding carboxylic acids is 1. The Bertz CT molecular complexity index is 677. The predicted molar refractivity (Wildman–Crippen MR) is 103 cm³/mol. The Hall–Kier alpha value is -1.97. The molecule has 1 saturated carbocycles. The van der Waals surface area contributed by atoms with E-state index in [-0.39, 0.29) is 12.5 Å². The molecule has 0 radical (unpaired) electrons. The summed E-state index contributed by atoms with van der Waals surface area (Å²) < 4.78 is 5.41. The zero-order valence-electron chi connectivity index (χ0n) is 14.9. The summed E-state index contributed by atoms with van der Waals surface area (Å²) in [4.78, 5) is 14.7. The van der Waals surface area contributed by atoms with Gasteiger partial charge in [-0.05, 0) is 31.0 Å². The van der Waals surface area contributed by atoms with Crippen LogP contribution in [0.25, 0.3) is 0 Å². The van der Waals surface area contributed by atoms with E-state index in [1.54, 1.807) is 0 Å². The highest BCUT2D eigenvalue weighted by Gasteiger charge is 2.33. The maximum atomic E-state index is 12.4. The van der Waals surface area contributed by atoms with Crippen molar-refractivity contribution >= 4 is 28.9 Å². The van der Waals surface area contributed by atoms with Gasteiger partial charge in [-0.1, -0.05) is 30.9 Å². The Balaban J connectivity index is 1.64. The third-order valence-electron chi connectivity index (χ3n) is 5.05. The van der Waals surface area contributed by atoms with Gasteiger partial charge in [0.05, 0.1) is 37.2 Å². The molecule has 26 heavy (non-hydrogen) atoms. The molecule has 6 nitrogen and oxygen atoms in total. The Morgan fingerprint density at radius 2 is 2.00 bits per heavy atom. The number of nitrogens with zero attached hydrogens (tertiary/aromatic N) is 2. The van der Waals surface area contributed by atoms with E-state index in [1.807, 2.05) is 18.2 Å². The normalized spacial score (nSPS) is 19.5. The van der Waals surface area contributed by atoms with Crippen LogP contribution in [0.1, 0.15) is 32.1 Å². The van der Waals surface area contributed by atoms with Gasteiger partial charge in [0.15, 0.2) is 0 Å². The van der Waals surface area contributed by atoms with E-state index in [0.29, 0.717) is 18.2 Å². The molecule has 0 unspecified atom stereocenters. The van der Waals surface area contributed by atoms with Gasteiger partial charge in [-0.15, -0.1) is 0 Å². The van der Waals surface area contributed by atoms with Crippen molar-refractivity contribution in [3.05, 3.63) is 23.2 Å². The topological polar surface area (TPSA) is 77.4 Å². The number of morpholine rings is 1. The molecule has 0 aromatic heterocycles. The minimum atomic E-state index is -0.710. The highest BCUT2D eigenvalue weighted by molar-refractivity contribution is 6.31. The molecule has 1 amide bonds. The summed E-state index contributed by atoms with van der Waals surface area (Å²) >= 11 is 6.14. The first-order chi connectivity index (χ1) is 12.6. The van der Waals surface area contributed by atoms with Crippen molar-refractivity contribution in [3.8, 4) is 6.07 Å². The van der Waals surface area contributed by atoms with Crippen molar-refractivity contribution in [2.45, 2.75) is 37.6 Å². The Morgan fingerprint density at radius 1 is 1.27 bits per heavy atom. The first-order valence-corrected chi connectivity index (χ1v) is 9.58. The summed E-state index contributed by atoms with van der Waals surface area (Å²) in [7, 11) is 0. The van der Waals surface area contributed by atoms with Crippen LogP contribution in [0.3, 0.4) is 0 Å². The average Bonchev–Trinajstić information content (AvgIpc) is 2.68. The van der Waals surface area contributed by atoms with Crippen LogP contribution in [0.2, 0.25) is 5.02 Å². The first kappa shape index (κ1) is 18.8. The number of carbonyl (C=O) groups is 1. The van der Waals surface area contributed by atoms with Crippen LogP contribution in [0.5, 0.6) is 0 Å². The van der Waals surface area contributed by atoms with E-state index >= 15 is 0 Å². The summed E-state index contributed by atoms with van der Waals surface area (Å²) in [6.07, 6.45) is 4.55. The van der Waals surface area contributed by atoms with Crippen molar-refractivity contribution in [3.63, 3.8) is 0 Å². The molecule has 1 aliphatic heterocycles. The van der Waals surface area contributed by atoms with E-state index in [1.165, 1.54) is 0 Å². The zero-order chi connectivity index (χ0) is 18.4. The number of nitrogens with one attached hydrogen (secondary N) is 2. The van der Waals surface area contributed by atoms with Gasteiger partial charge < -0.3 is 20.3 Å². The number of halogens is 1. The van der Waals surface area contributed by atoms with Crippen LogP contribution in [-0.4, -0.2) is 44.3 Å². The molecule has 0 spiro atoms. The van der Waals surface area contributed by atoms with Crippen molar-refractivity contribution in [1.82, 2.24) is 5.32 Å². The number of hydrogen-bond donors (Lipinski definition) is 2. The zero-order valence-corrected chi connectivity index (χ0v) is 15.6. The van der Waals surface area contributed by atoms with Crippen LogP contribution in [-0.2, 0) is 9.53 Å². The fourth-order valence-electron chi connectivity index (χ4n) is 3.64. The van der Waals surface area contributed by atoms with Crippen molar-refractivity contribution in [1.29, 1.82) is 5.26 Å². The van der Waals surface area contributed by atoms with Gasteiger partial charge in [0, 0.05) is 18.1 Å². The van der Waals surface area contributed by atoms with Crippen LogP contribution in [0.4, 0.5) is 11.4 Å². The second-order valence-corrected chi connectivity index (χ2v) is 7.35. The second kappa shape index (κ2) is 8.61. The summed E-state index contributed by atoms with van der Waals surface area (Å²) in [6.45, 7) is 3.10. The molecule has 140 valence electrons. The predicted octanol–water partition coefficient (Wildman–Crippen LogP) is 2.93. The molecule has 3 rings (SSSR count). The smallest absolute Gasteiger partial charge is 0.240 e. The maximum absolute atomic E-state index is 12.4. The van der Waals surface area contributed by atoms with Crippen LogP contribution < -0.4 is 15.5 Å². The van der Waals surface area contributed by atoms with Crippen molar-refractivity contribution in [2.24, 2.45) is 0 Å². The fraction of sp³-hybridized carbons (Fsp3) is 0.579. The molecular formula is C19H25ClN4O2. The summed E-state index contributed by atoms with van der Waals surface area (Å²) in [5, 5.41) is 16.3. The number of amides is 1. The number of benzene rings is 1. The Labute approximate surface area is 159 Å². The molecule has 1 heterocycles. The molecule has 0 atom stereocenters. The van der Waals surface area contributed by atoms with Gasteiger partial charge >= 0.3 is 0 Å². The van der Waals surface area contributed by atoms with Gasteiger partial charge in [0.2, 0.25) is 5.91 Å². The first-order valence-electron chi connectivity index (χ1n) is 9.20. The van der Waals surface area contributed by atoms with E-state index in [9.17, 15) is 10.1 Å². The maximum Gasteiger partial charge on any atom is 0.240 e. The molecule has 1 aromatic rings. The van der Waals surface area contributed by atoms with E-state index in [2.05, 4.69) is 21.6 Å². The lowest BCUT2D eigenvalue weighted by atomic mass is 9.83. The fourth-order valence-corrected chi connectivity index (χ4v) is 3.81. The van der Waals surface area contributed by atoms with Crippen molar-refractivity contribution in [2.75, 3.05) is 43.1 Å². The largest absolute Gasteiger partial charge is 0.378 e. The summed E-state index contributed by atoms with van der Waals surface area (Å²) in [5.74, 6) is -0.165. The average molecular weight is 377 g/mol. The lowest BCUT2D eigenvalue weighted by molar-refractivity contribution is -0.121. The number of anilines is 2. The molecule has 2 aliphatic rings. The SMILES string of the molecule is N#CC1(NC(=O)CNc2cc(Cl)ccc2N2CCOCC2)CCCCC1. The van der Waals surface area contributed by atoms with Crippen LogP contribution >= 0.6 is 11.6 Å². The lowest BCUT2D eigenvalue weighted by Crippen LogP contribution is -2.50. The van der Waals surface area contributed by atoms with Crippen molar-refractivity contribution < 1.29 is 9.53 Å². The lowest BCUT2D eigenvalue weighted by Gasteiger charge is -2.32. The standard InChI is InChI=1S/C19H25ClN4O2/c20-15-4-5-17(24-8-10-26-11-9-24)16(12-15)22-13-18(25)23-19(14-21)6-2-1-3-7-19/h4-5,12,22H,1-3,6-11,13H2,(H,23,25). The molecule has 2 fully saturated rings. The second-order valence-electron chi connectivity index (χ2n) is 6.92. The Morgan fingerprint density at radius 3 is 2.69 bits per heavy atom. The molecule has 7 heteroatoms. The third kappa shape index (κ3) is 4.60. The quantitative estimate of drug-likeness (QED) is 0.826. The molecule has 2 N–H and O–H groups in total. The third-order valence-corrected chi connectivity index (χ3v) is 5.28. The van der Waals surface area contributed by atoms with Gasteiger partial charge in [-0.25, -0.2) is 0 Å². The highest BCUT2D eigenvalue weighted by atomic mass is 35.5. The van der Waals surface area contributed by atoms with Gasteiger partial charge in [0.1, 0.15) is 5.54 Å². The van der Waals surface area contributed by atoms with Gasteiger partial charge in [-0.2, -0.15) is 5.26 Å². The van der Waals surface area contributed by atoms with Crippen LogP contribution in [0, 0.1) is 11.3 Å². The van der Waals surface area contributed by atoms with Gasteiger partial charge in [0.25, 0.3) is 0 Å². The number of ether oxygens (including phenoxy) is 1. The van der Waals surface area contributed by atoms with E-state index in [4.69, 9.17) is 16.3 Å². The molecule has 0 bridgehead atoms. The number of nitriles is 1. The monoisotopic (exact) mass is 376 g/mol. The molecule has 1 aromatic carbocycles. The summed E-state index contributed by atoms with van der Waals surface area (Å²) in [5.41, 5.74) is 1.13. The minimum absolute atomic E-state index is 0.112. The highest BCUT2D eigenvalue weighted by Crippen LogP contribution is 2.30. The molecular weight excluding hydrogens is 352 g/mol. The number of hydrogen-bond acceptors (Lipinski definition) is 5. The number of rotatable bonds is 5. The molecule has 1 aliphatic carbocycles. The van der Waals surface area contributed by atoms with Crippen LogP contribution in [0.15, 0.2) is 18.2 Å². The Kier molecular flexibility index (Phi) is 6.23. The van der Waals surface area contributed by atoms with Gasteiger partial charge in [-0.3, -0.25) is 4.79 Å². The minimum Gasteiger partial charge on any atom is -0.378 e.